The Hall–Kier alpha value is -12.7. The maximum atomic E-state index is 15.0. The Balaban J connectivity index is 3.89. The molecule has 17 amide bonds. The lowest BCUT2D eigenvalue weighted by molar-refractivity contribution is -0.147. The molecule has 17 atom stereocenters. The molecule has 0 saturated carbocycles. The second-order valence-corrected chi connectivity index (χ2v) is 34.8. The maximum Gasteiger partial charge on any atom is 0.326 e. The van der Waals surface area contributed by atoms with Crippen LogP contribution in [0.5, 0.6) is 0 Å². The molecule has 0 spiro atoms. The average molecular weight is 2020 g/mol. The van der Waals surface area contributed by atoms with Crippen molar-refractivity contribution in [2.24, 2.45) is 57.7 Å². The van der Waals surface area contributed by atoms with Crippen LogP contribution in [0.3, 0.4) is 0 Å². The molecule has 0 bridgehead atoms. The molecule has 44 N–H and O–H groups in total. The quantitative estimate of drug-likeness (QED) is 0.0116. The molecule has 1 fully saturated rings. The molecule has 0 aliphatic carbocycles. The highest BCUT2D eigenvalue weighted by Gasteiger charge is 2.40. The van der Waals surface area contributed by atoms with E-state index in [0.717, 1.165) is 6.42 Å². The summed E-state index contributed by atoms with van der Waals surface area (Å²) in [5.41, 5.74) is 44.5. The number of amides is 17. The monoisotopic (exact) mass is 2020 g/mol. The summed E-state index contributed by atoms with van der Waals surface area (Å²) in [6.07, 6.45) is -1.11. The van der Waals surface area contributed by atoms with Gasteiger partial charge in [-0.3, -0.25) is 113 Å². The zero-order valence-corrected chi connectivity index (χ0v) is 81.2. The number of nitrogens with two attached hydrogens (primary N) is 8. The van der Waals surface area contributed by atoms with E-state index in [1.165, 1.54) is 18.7 Å². The van der Waals surface area contributed by atoms with E-state index in [2.05, 4.69) is 137 Å². The zero-order chi connectivity index (χ0) is 104. The van der Waals surface area contributed by atoms with Crippen molar-refractivity contribution in [3.63, 3.8) is 0 Å². The topological polar surface area (TPSA) is 945 Å². The van der Waals surface area contributed by atoms with Gasteiger partial charge in [0.1, 0.15) is 90.6 Å². The number of nitrogens with one attached hydrogen (secondary N) is 26. The zero-order valence-electron chi connectivity index (χ0n) is 78.6. The molecule has 1 rings (SSSR count). The lowest BCUT2D eigenvalue weighted by atomic mass is 9.96. The molecule has 0 radical (unpaired) electrons. The van der Waals surface area contributed by atoms with Gasteiger partial charge in [-0.15, -0.1) is 0 Å². The van der Waals surface area contributed by atoms with Crippen LogP contribution < -0.4 is 158 Å². The molecule has 0 aromatic rings. The number of thioether (sulfide) groups is 1. The first-order chi connectivity index (χ1) is 65.0. The number of unbranched alkanes of at least 4 members (excludes halogenated alkanes) is 1. The van der Waals surface area contributed by atoms with Gasteiger partial charge in [0.25, 0.3) is 0 Å². The van der Waals surface area contributed by atoms with Crippen LogP contribution in [0.25, 0.3) is 0 Å². The molecule has 55 nitrogen and oxygen atoms in total. The third-order valence-corrected chi connectivity index (χ3v) is 22.5. The van der Waals surface area contributed by atoms with Crippen LogP contribution in [0.15, 0.2) is 0 Å². The smallest absolute Gasteiger partial charge is 0.326 e. The Bertz CT molecular complexity index is 4120. The van der Waals surface area contributed by atoms with E-state index in [-0.39, 0.29) is 148 Å². The molecule has 780 valence electrons. The summed E-state index contributed by atoms with van der Waals surface area (Å²) in [5.74, 6) is -24.2. The van der Waals surface area contributed by atoms with Crippen LogP contribution in [0.1, 0.15) is 176 Å². The van der Waals surface area contributed by atoms with Gasteiger partial charge in [-0.05, 0) is 159 Å². The number of carbonyl (C=O) groups is 19. The predicted molar refractivity (Wildman–Crippen MR) is 516 cm³/mol. The van der Waals surface area contributed by atoms with Crippen molar-refractivity contribution in [1.29, 1.82) is 27.0 Å². The molecule has 1 aliphatic rings. The van der Waals surface area contributed by atoms with Crippen molar-refractivity contribution in [2.45, 2.75) is 273 Å². The van der Waals surface area contributed by atoms with Gasteiger partial charge < -0.3 is 168 Å². The summed E-state index contributed by atoms with van der Waals surface area (Å²) in [7, 11) is 0. The molecule has 0 aromatic carbocycles. The first-order valence-electron chi connectivity index (χ1n) is 45.1. The molecule has 1 saturated heterocycles. The van der Waals surface area contributed by atoms with Gasteiger partial charge in [-0.1, -0.05) is 34.1 Å². The van der Waals surface area contributed by atoms with Crippen LogP contribution >= 0.6 is 37.0 Å². The minimum Gasteiger partial charge on any atom is -0.481 e. The van der Waals surface area contributed by atoms with Gasteiger partial charge >= 0.3 is 11.9 Å². The number of guanidine groups is 5. The van der Waals surface area contributed by atoms with E-state index in [1.54, 1.807) is 34.0 Å². The highest BCUT2D eigenvalue weighted by Crippen LogP contribution is 2.17. The number of hydrogen-bond acceptors (Lipinski definition) is 29. The lowest BCUT2D eigenvalue weighted by Gasteiger charge is -2.30. The number of rotatable bonds is 71. The fraction of sp³-hybridized carbons (Fsp3) is 0.700. The summed E-state index contributed by atoms with van der Waals surface area (Å²) in [4.78, 5) is 263. The molecule has 58 heteroatoms. The summed E-state index contributed by atoms with van der Waals surface area (Å²) >= 11 is 9.96. The van der Waals surface area contributed by atoms with Gasteiger partial charge in [-0.2, -0.15) is 37.0 Å². The SMILES string of the molecule is CC[C@H](C)[C@H](NC(=O)[C@H](CCCNC(=N)N)NC(=O)[C@H](CC(N)=O)NC(=O)[C@H](CCCCN)NC(=O)[C@H](CCCNC(=N)N)NC(=O)[C@H](CCC(N)=O)NC(=O)[C@H](C)NC(=O)[C@H](CS)NC(=O)[C@H](CCSC)NC(=O)[C@@H]1CCCN1)C(=O)N[C@@H](CCCNC(=N)N)C(=O)N[C@@H](CC(C)C)C(=O)N[C@@H](CS)C(=O)N[C@@H](CCCNC(=N)N)C(=O)N[C@@H](CCCNC(=N)N)C(=O)N[C@@H](CC(=O)O)C(=O)O. The van der Waals surface area contributed by atoms with Crippen LogP contribution in [0.2, 0.25) is 0 Å². The van der Waals surface area contributed by atoms with Gasteiger partial charge in [0.2, 0.25) is 100 Å². The summed E-state index contributed by atoms with van der Waals surface area (Å²) in [6.45, 7) is 8.19. The van der Waals surface area contributed by atoms with E-state index in [1.807, 2.05) is 0 Å². The number of carbonyl (C=O) groups excluding carboxylic acids is 17. The maximum absolute atomic E-state index is 15.0. The van der Waals surface area contributed by atoms with Crippen LogP contribution in [0.4, 0.5) is 0 Å². The van der Waals surface area contributed by atoms with Gasteiger partial charge in [0, 0.05) is 50.7 Å². The van der Waals surface area contributed by atoms with E-state index < -0.39 is 282 Å². The summed E-state index contributed by atoms with van der Waals surface area (Å²) in [6, 6.07) is -24.5. The second-order valence-electron chi connectivity index (χ2n) is 33.1. The molecular weight excluding hydrogens is 1870 g/mol. The Labute approximate surface area is 814 Å². The Morgan fingerprint density at radius 1 is 0.377 bits per heavy atom. The number of primary amides is 2. The number of thiol groups is 2. The van der Waals surface area contributed by atoms with Crippen molar-refractivity contribution in [2.75, 3.05) is 69.3 Å². The summed E-state index contributed by atoms with van der Waals surface area (Å²) < 4.78 is 0. The van der Waals surface area contributed by atoms with Gasteiger partial charge in [0.15, 0.2) is 29.8 Å². The summed E-state index contributed by atoms with van der Waals surface area (Å²) in [5, 5.41) is 111. The fourth-order valence-corrected chi connectivity index (χ4v) is 14.5. The first kappa shape index (κ1) is 123. The number of hydrogen-bond donors (Lipinski definition) is 38. The molecular formula is C80H146N34O21S3. The van der Waals surface area contributed by atoms with E-state index in [4.69, 9.17) is 72.9 Å². The van der Waals surface area contributed by atoms with Crippen LogP contribution in [-0.4, -0.2) is 318 Å². The third-order valence-electron chi connectivity index (χ3n) is 21.2. The Morgan fingerprint density at radius 3 is 1.03 bits per heavy atom. The molecule has 1 heterocycles. The van der Waals surface area contributed by atoms with Crippen molar-refractivity contribution in [3.8, 4) is 0 Å². The van der Waals surface area contributed by atoms with E-state index in [0.29, 0.717) is 18.7 Å². The third kappa shape index (κ3) is 51.4. The van der Waals surface area contributed by atoms with Crippen LogP contribution in [0, 0.1) is 38.9 Å². The number of carboxylic acids is 2. The van der Waals surface area contributed by atoms with Gasteiger partial charge in [-0.25, -0.2) is 4.79 Å². The van der Waals surface area contributed by atoms with E-state index in [9.17, 15) is 101 Å². The van der Waals surface area contributed by atoms with E-state index >= 15 is 0 Å². The Kier molecular flexibility index (Phi) is 60.3. The van der Waals surface area contributed by atoms with Crippen LogP contribution in [-0.2, 0) is 91.1 Å². The van der Waals surface area contributed by atoms with Crippen molar-refractivity contribution in [3.05, 3.63) is 0 Å². The van der Waals surface area contributed by atoms with Crippen molar-refractivity contribution in [1.82, 2.24) is 112 Å². The standard InChI is InChI=1S/C80H146N34O21S3/c1-7-40(4)59(74(133)108-47(21-14-31-98-79(90)91)65(124)109-51(34-39(2)3)70(129)113-55(38-137)73(132)106-45(19-12-29-96-77(86)87)63(122)103-46(20-13-30-97-78(88)89)66(125)111-53(75(134)135)36-58(117)118)114-69(128)48(22-15-32-99-80(92)93)105-71(130)52(35-57(83)116)110-64(123)43(16-8-9-26-81)102-62(121)44(18-11-28-95-76(84)85)104-67(126)49(23-24-56(82)115)101-60(119)41(5)100-72(131)54(37-136)112-68(127)50(25-33-138-6)107-61(120)42-17-10-27-94-42/h39-55,59,94,136-137H,7-38,81H2,1-6H3,(H2,82,115)(H2,83,116)(H,100,131)(H,101,119)(H,102,121)(H,103,122)(H,104,126)(H,105,130)(H,106,132)(H,107,120)(H,108,133)(H,109,124)(H,110,123)(H,111,125)(H,112,127)(H,113,129)(H,114,128)(H,117,118)(H,134,135)(H4,84,85,95)(H4,86,87,96)(H4,88,89,97)(H4,90,91,98)(H4,92,93,99)/t40-,41-,42-,43-,44-,45-,46-,47-,48-,49-,50-,51-,52-,53-,54-,55-,59-/m0/s1. The lowest BCUT2D eigenvalue weighted by Crippen LogP contribution is -2.62. The number of carboxylic acid groups (broad SMARTS) is 2. The molecule has 138 heavy (non-hydrogen) atoms. The highest BCUT2D eigenvalue weighted by molar-refractivity contribution is 7.98. The number of aliphatic carboxylic acids is 2. The van der Waals surface area contributed by atoms with Crippen molar-refractivity contribution < 1.29 is 101 Å². The molecule has 0 aromatic heterocycles. The van der Waals surface area contributed by atoms with Crippen molar-refractivity contribution >= 4 is 179 Å². The molecule has 0 unspecified atom stereocenters. The minimum atomic E-state index is -1.97. The minimum absolute atomic E-state index is 0.00624. The van der Waals surface area contributed by atoms with Gasteiger partial charge in [0.05, 0.1) is 18.9 Å². The molecule has 1 aliphatic heterocycles. The highest BCUT2D eigenvalue weighted by atomic mass is 32.2. The average Bonchev–Trinajstić information content (AvgIpc) is 1.00. The normalized spacial score (nSPS) is 15.5. The predicted octanol–water partition coefficient (Wildman–Crippen LogP) is -11.1. The Morgan fingerprint density at radius 2 is 0.696 bits per heavy atom. The fourth-order valence-electron chi connectivity index (χ4n) is 13.5. The second kappa shape index (κ2) is 67.5. The largest absolute Gasteiger partial charge is 0.481 e. The first-order valence-corrected chi connectivity index (χ1v) is 47.8.